The van der Waals surface area contributed by atoms with Crippen molar-refractivity contribution in [1.82, 2.24) is 10.2 Å². The van der Waals surface area contributed by atoms with Gasteiger partial charge in [-0.25, -0.2) is 0 Å². The van der Waals surface area contributed by atoms with Gasteiger partial charge in [0.1, 0.15) is 5.75 Å². The molecule has 1 aromatic rings. The molecule has 2 N–H and O–H groups in total. The number of hydrogen-bond acceptors (Lipinski definition) is 5. The predicted octanol–water partition coefficient (Wildman–Crippen LogP) is 0.985. The monoisotopic (exact) mass is 318 g/mol. The zero-order chi connectivity index (χ0) is 17.1. The summed E-state index contributed by atoms with van der Waals surface area (Å²) in [5.74, 6) is 0.327. The number of anilines is 1. The molecular weight excluding hydrogens is 296 g/mol. The molecule has 0 heterocycles. The predicted molar refractivity (Wildman–Crippen MR) is 87.0 cm³/mol. The van der Waals surface area contributed by atoms with Gasteiger partial charge in [0.2, 0.25) is 11.8 Å². The number of rotatable bonds is 9. The van der Waals surface area contributed by atoms with Gasteiger partial charge in [0, 0.05) is 12.2 Å². The van der Waals surface area contributed by atoms with Crippen LogP contribution in [0.25, 0.3) is 0 Å². The fraction of sp³-hybridized carbons (Fsp3) is 0.438. The summed E-state index contributed by atoms with van der Waals surface area (Å²) < 4.78 is 5.05. The summed E-state index contributed by atoms with van der Waals surface area (Å²) in [6.07, 6.45) is 0.274. The normalized spacial score (nSPS) is 10.0. The highest BCUT2D eigenvalue weighted by Crippen LogP contribution is 2.14. The van der Waals surface area contributed by atoms with Crippen molar-refractivity contribution in [3.8, 4) is 11.8 Å². The van der Waals surface area contributed by atoms with E-state index in [4.69, 9.17) is 10.00 Å². The molecule has 2 amide bonds. The lowest BCUT2D eigenvalue weighted by atomic mass is 10.3. The molecular formula is C16H22N4O3. The second-order valence-corrected chi connectivity index (χ2v) is 4.84. The number of nitrogens with zero attached hydrogens (tertiary/aromatic N) is 2. The van der Waals surface area contributed by atoms with Crippen LogP contribution >= 0.6 is 0 Å². The van der Waals surface area contributed by atoms with Crippen LogP contribution in [0.4, 0.5) is 5.69 Å². The minimum Gasteiger partial charge on any atom is -0.497 e. The van der Waals surface area contributed by atoms with Crippen molar-refractivity contribution in [2.75, 3.05) is 38.6 Å². The molecule has 0 saturated carbocycles. The molecule has 7 nitrogen and oxygen atoms in total. The van der Waals surface area contributed by atoms with Crippen molar-refractivity contribution in [3.05, 3.63) is 24.3 Å². The van der Waals surface area contributed by atoms with Crippen LogP contribution in [0, 0.1) is 11.3 Å². The Hall–Kier alpha value is -2.59. The van der Waals surface area contributed by atoms with Crippen LogP contribution in [-0.4, -0.2) is 50.0 Å². The van der Waals surface area contributed by atoms with E-state index in [0.717, 1.165) is 0 Å². The molecule has 0 atom stereocenters. The number of nitriles is 1. The first kappa shape index (κ1) is 18.5. The lowest BCUT2D eigenvalue weighted by molar-refractivity contribution is -0.123. The van der Waals surface area contributed by atoms with Crippen molar-refractivity contribution in [2.45, 2.75) is 13.3 Å². The molecule has 0 aliphatic rings. The maximum atomic E-state index is 12.0. The molecule has 0 saturated heterocycles. The molecule has 0 aliphatic carbocycles. The Bertz CT molecular complexity index is 551. The molecule has 0 aromatic heterocycles. The highest BCUT2D eigenvalue weighted by molar-refractivity contribution is 5.92. The van der Waals surface area contributed by atoms with Crippen molar-refractivity contribution in [3.63, 3.8) is 0 Å². The molecule has 0 bridgehead atoms. The Morgan fingerprint density at radius 3 is 2.43 bits per heavy atom. The maximum Gasteiger partial charge on any atom is 0.238 e. The molecule has 0 fully saturated rings. The molecule has 0 spiro atoms. The van der Waals surface area contributed by atoms with Gasteiger partial charge in [-0.2, -0.15) is 5.26 Å². The average Bonchev–Trinajstić information content (AvgIpc) is 2.55. The number of nitrogens with one attached hydrogen (secondary N) is 2. The summed E-state index contributed by atoms with van der Waals surface area (Å²) in [7, 11) is 1.58. The fourth-order valence-corrected chi connectivity index (χ4v) is 1.87. The molecule has 0 unspecified atom stereocenters. The highest BCUT2D eigenvalue weighted by atomic mass is 16.5. The zero-order valence-electron chi connectivity index (χ0n) is 13.5. The Balaban J connectivity index is 2.43. The first-order valence-corrected chi connectivity index (χ1v) is 7.39. The smallest absolute Gasteiger partial charge is 0.238 e. The van der Waals surface area contributed by atoms with Crippen molar-refractivity contribution >= 4 is 17.5 Å². The van der Waals surface area contributed by atoms with Gasteiger partial charge >= 0.3 is 0 Å². The van der Waals surface area contributed by atoms with Crippen LogP contribution in [0.5, 0.6) is 5.75 Å². The maximum absolute atomic E-state index is 12.0. The molecule has 23 heavy (non-hydrogen) atoms. The Morgan fingerprint density at radius 1 is 1.22 bits per heavy atom. The van der Waals surface area contributed by atoms with Gasteiger partial charge < -0.3 is 15.4 Å². The highest BCUT2D eigenvalue weighted by Gasteiger charge is 2.13. The van der Waals surface area contributed by atoms with Crippen molar-refractivity contribution < 1.29 is 14.3 Å². The molecule has 1 rings (SSSR count). The van der Waals surface area contributed by atoms with E-state index in [1.54, 1.807) is 36.3 Å². The van der Waals surface area contributed by atoms with Crippen LogP contribution in [0.1, 0.15) is 13.3 Å². The van der Waals surface area contributed by atoms with E-state index in [1.165, 1.54) is 0 Å². The van der Waals surface area contributed by atoms with E-state index >= 15 is 0 Å². The fourth-order valence-electron chi connectivity index (χ4n) is 1.87. The standard InChI is InChI=1S/C16H22N4O3/c1-3-20(11-15(21)18-10-4-9-17)12-16(22)19-13-5-7-14(23-2)8-6-13/h5-8H,3-4,10-12H2,1-2H3,(H,18,21)(H,19,22). The summed E-state index contributed by atoms with van der Waals surface area (Å²) in [4.78, 5) is 25.4. The van der Waals surface area contributed by atoms with Gasteiger partial charge in [-0.1, -0.05) is 6.92 Å². The lowest BCUT2D eigenvalue weighted by Crippen LogP contribution is -2.41. The average molecular weight is 318 g/mol. The third-order valence-electron chi connectivity index (χ3n) is 3.11. The largest absolute Gasteiger partial charge is 0.497 e. The van der Waals surface area contributed by atoms with Gasteiger partial charge in [-0.3, -0.25) is 14.5 Å². The summed E-state index contributed by atoms with van der Waals surface area (Å²) in [5, 5.41) is 13.8. The minimum absolute atomic E-state index is 0.119. The van der Waals surface area contributed by atoms with E-state index in [1.807, 2.05) is 13.0 Å². The third-order valence-corrected chi connectivity index (χ3v) is 3.11. The molecule has 0 radical (unpaired) electrons. The van der Waals surface area contributed by atoms with Crippen molar-refractivity contribution in [1.29, 1.82) is 5.26 Å². The number of ether oxygens (including phenoxy) is 1. The number of benzene rings is 1. The topological polar surface area (TPSA) is 94.5 Å². The van der Waals surface area contributed by atoms with Gasteiger partial charge in [0.05, 0.1) is 32.7 Å². The van der Waals surface area contributed by atoms with Crippen LogP contribution in [0.15, 0.2) is 24.3 Å². The summed E-state index contributed by atoms with van der Waals surface area (Å²) in [6.45, 7) is 3.02. The second-order valence-electron chi connectivity index (χ2n) is 4.84. The van der Waals surface area contributed by atoms with Crippen molar-refractivity contribution in [2.24, 2.45) is 0 Å². The van der Waals surface area contributed by atoms with Crippen LogP contribution in [0.2, 0.25) is 0 Å². The Kier molecular flexibility index (Phi) is 8.18. The molecule has 124 valence electrons. The number of amides is 2. The number of carbonyl (C=O) groups excluding carboxylic acids is 2. The van der Waals surface area contributed by atoms with E-state index in [-0.39, 0.29) is 31.3 Å². The first-order chi connectivity index (χ1) is 11.1. The number of likely N-dealkylation sites (N-methyl/N-ethyl adjacent to an activating group) is 1. The zero-order valence-corrected chi connectivity index (χ0v) is 13.5. The Labute approximate surface area is 136 Å². The van der Waals surface area contributed by atoms with Crippen LogP contribution in [-0.2, 0) is 9.59 Å². The molecule has 7 heteroatoms. The van der Waals surface area contributed by atoms with Gasteiger partial charge in [0.15, 0.2) is 0 Å². The van der Waals surface area contributed by atoms with Gasteiger partial charge in [-0.05, 0) is 30.8 Å². The second kappa shape index (κ2) is 10.2. The lowest BCUT2D eigenvalue weighted by Gasteiger charge is -2.19. The number of methoxy groups -OCH3 is 1. The van der Waals surface area contributed by atoms with E-state index in [0.29, 0.717) is 24.5 Å². The minimum atomic E-state index is -0.195. The number of hydrogen-bond donors (Lipinski definition) is 2. The quantitative estimate of drug-likeness (QED) is 0.662. The van der Waals surface area contributed by atoms with Crippen LogP contribution < -0.4 is 15.4 Å². The summed E-state index contributed by atoms with van der Waals surface area (Å²) >= 11 is 0. The third kappa shape index (κ3) is 7.29. The van der Waals surface area contributed by atoms with E-state index < -0.39 is 0 Å². The van der Waals surface area contributed by atoms with Gasteiger partial charge in [0.25, 0.3) is 0 Å². The van der Waals surface area contributed by atoms with Gasteiger partial charge in [-0.15, -0.1) is 0 Å². The van der Waals surface area contributed by atoms with E-state index in [9.17, 15) is 9.59 Å². The number of carbonyl (C=O) groups is 2. The summed E-state index contributed by atoms with van der Waals surface area (Å²) in [6, 6.07) is 8.98. The molecule has 0 aliphatic heterocycles. The summed E-state index contributed by atoms with van der Waals surface area (Å²) in [5.41, 5.74) is 0.672. The first-order valence-electron chi connectivity index (χ1n) is 7.39. The van der Waals surface area contributed by atoms with Crippen LogP contribution in [0.3, 0.4) is 0 Å². The van der Waals surface area contributed by atoms with E-state index in [2.05, 4.69) is 10.6 Å². The Morgan fingerprint density at radius 2 is 1.87 bits per heavy atom. The SMILES string of the molecule is CCN(CC(=O)NCCC#N)CC(=O)Nc1ccc(OC)cc1. The molecule has 1 aromatic carbocycles.